The van der Waals surface area contributed by atoms with Gasteiger partial charge in [-0.15, -0.1) is 0 Å². The first-order valence-electron chi connectivity index (χ1n) is 4.61. The maximum absolute atomic E-state index is 10.7. The number of phenolic OH excluding ortho intramolecular Hbond substituents is 1. The molecular formula is C10H14N2O3. The van der Waals surface area contributed by atoms with Crippen LogP contribution in [-0.4, -0.2) is 11.1 Å². The third kappa shape index (κ3) is 3.14. The Morgan fingerprint density at radius 2 is 2.20 bits per heavy atom. The summed E-state index contributed by atoms with van der Waals surface area (Å²) in [5, 5.41) is 9.32. The lowest BCUT2D eigenvalue weighted by molar-refractivity contribution is -0.144. The van der Waals surface area contributed by atoms with Crippen molar-refractivity contribution in [3.05, 3.63) is 23.8 Å². The van der Waals surface area contributed by atoms with Crippen molar-refractivity contribution in [2.24, 2.45) is 5.90 Å². The highest BCUT2D eigenvalue weighted by Gasteiger charge is 2.05. The number of hydrogen-bond donors (Lipinski definition) is 3. The van der Waals surface area contributed by atoms with Crippen molar-refractivity contribution in [1.82, 2.24) is 0 Å². The van der Waals surface area contributed by atoms with Gasteiger partial charge in [0.1, 0.15) is 5.75 Å². The van der Waals surface area contributed by atoms with Crippen molar-refractivity contribution in [1.29, 1.82) is 0 Å². The van der Waals surface area contributed by atoms with Gasteiger partial charge in [-0.1, -0.05) is 12.1 Å². The number of carbonyl (C=O) groups excluding carboxylic acids is 1. The molecule has 0 aliphatic heterocycles. The molecule has 0 amide bonds. The largest absolute Gasteiger partial charge is 0.506 e. The Morgan fingerprint density at radius 3 is 2.87 bits per heavy atom. The summed E-state index contributed by atoms with van der Waals surface area (Å²) in [6.45, 7) is 0. The molecular weight excluding hydrogens is 196 g/mol. The van der Waals surface area contributed by atoms with Crippen molar-refractivity contribution in [2.45, 2.75) is 19.3 Å². The second kappa shape index (κ2) is 5.21. The molecule has 0 aromatic heterocycles. The van der Waals surface area contributed by atoms with Gasteiger partial charge in [0.2, 0.25) is 0 Å². The lowest BCUT2D eigenvalue weighted by atomic mass is 10.1. The lowest BCUT2D eigenvalue weighted by Crippen LogP contribution is -2.09. The Hall–Kier alpha value is -1.75. The minimum atomic E-state index is -0.450. The lowest BCUT2D eigenvalue weighted by Gasteiger charge is -2.06. The molecule has 0 aliphatic carbocycles. The fraction of sp³-hybridized carbons (Fsp3) is 0.300. The number of nitrogens with two attached hydrogens (primary N) is 2. The van der Waals surface area contributed by atoms with Crippen LogP contribution in [0.3, 0.4) is 0 Å². The SMILES string of the molecule is NOC(=O)CCCc1cccc(O)c1N. The van der Waals surface area contributed by atoms with Crippen LogP contribution in [0.1, 0.15) is 18.4 Å². The van der Waals surface area contributed by atoms with E-state index in [9.17, 15) is 9.90 Å². The smallest absolute Gasteiger partial charge is 0.324 e. The third-order valence-electron chi connectivity index (χ3n) is 2.13. The van der Waals surface area contributed by atoms with Crippen LogP contribution in [0.15, 0.2) is 18.2 Å². The van der Waals surface area contributed by atoms with Gasteiger partial charge in [-0.05, 0) is 24.5 Å². The zero-order chi connectivity index (χ0) is 11.3. The van der Waals surface area contributed by atoms with E-state index < -0.39 is 5.97 Å². The highest BCUT2D eigenvalue weighted by molar-refractivity contribution is 5.69. The molecule has 0 radical (unpaired) electrons. The van der Waals surface area contributed by atoms with Crippen molar-refractivity contribution >= 4 is 11.7 Å². The van der Waals surface area contributed by atoms with E-state index in [1.807, 2.05) is 6.07 Å². The molecule has 0 bridgehead atoms. The van der Waals surface area contributed by atoms with E-state index in [-0.39, 0.29) is 12.2 Å². The number of nitrogen functional groups attached to an aromatic ring is 1. The van der Waals surface area contributed by atoms with Gasteiger partial charge in [0.15, 0.2) is 0 Å². The molecule has 15 heavy (non-hydrogen) atoms. The van der Waals surface area contributed by atoms with E-state index in [0.717, 1.165) is 5.56 Å². The first kappa shape index (κ1) is 11.3. The van der Waals surface area contributed by atoms with E-state index in [0.29, 0.717) is 18.5 Å². The molecule has 0 saturated heterocycles. The first-order valence-corrected chi connectivity index (χ1v) is 4.61. The molecule has 0 unspecified atom stereocenters. The summed E-state index contributed by atoms with van der Waals surface area (Å²) < 4.78 is 0. The summed E-state index contributed by atoms with van der Waals surface area (Å²) in [4.78, 5) is 14.7. The molecule has 1 aromatic rings. The van der Waals surface area contributed by atoms with Crippen LogP contribution in [0.5, 0.6) is 5.75 Å². The van der Waals surface area contributed by atoms with Gasteiger partial charge in [0.25, 0.3) is 0 Å². The molecule has 5 nitrogen and oxygen atoms in total. The van der Waals surface area contributed by atoms with E-state index in [2.05, 4.69) is 4.84 Å². The highest BCUT2D eigenvalue weighted by atomic mass is 16.7. The summed E-state index contributed by atoms with van der Waals surface area (Å²) in [7, 11) is 0. The molecule has 1 aromatic carbocycles. The summed E-state index contributed by atoms with van der Waals surface area (Å²) in [6, 6.07) is 5.04. The van der Waals surface area contributed by atoms with Crippen LogP contribution in [0.4, 0.5) is 5.69 Å². The number of carbonyl (C=O) groups is 1. The second-order valence-electron chi connectivity index (χ2n) is 3.19. The minimum absolute atomic E-state index is 0.0638. The fourth-order valence-electron chi connectivity index (χ4n) is 1.30. The summed E-state index contributed by atoms with van der Waals surface area (Å²) in [5.74, 6) is 4.30. The Morgan fingerprint density at radius 1 is 1.47 bits per heavy atom. The molecule has 5 N–H and O–H groups in total. The van der Waals surface area contributed by atoms with Crippen LogP contribution < -0.4 is 11.6 Å². The number of para-hydroxylation sites is 1. The molecule has 0 aliphatic rings. The Bertz CT molecular complexity index is 353. The zero-order valence-electron chi connectivity index (χ0n) is 8.27. The minimum Gasteiger partial charge on any atom is -0.506 e. The molecule has 0 heterocycles. The van der Waals surface area contributed by atoms with Crippen LogP contribution in [0.2, 0.25) is 0 Å². The maximum Gasteiger partial charge on any atom is 0.324 e. The van der Waals surface area contributed by atoms with Crippen molar-refractivity contribution in [3.63, 3.8) is 0 Å². The van der Waals surface area contributed by atoms with Gasteiger partial charge in [-0.2, -0.15) is 5.90 Å². The van der Waals surface area contributed by atoms with Gasteiger partial charge < -0.3 is 15.7 Å². The van der Waals surface area contributed by atoms with Crippen LogP contribution in [0, 0.1) is 0 Å². The highest BCUT2D eigenvalue weighted by Crippen LogP contribution is 2.24. The summed E-state index contributed by atoms with van der Waals surface area (Å²) >= 11 is 0. The molecule has 0 saturated carbocycles. The molecule has 0 fully saturated rings. The molecule has 0 atom stereocenters. The van der Waals surface area contributed by atoms with Crippen molar-refractivity contribution < 1.29 is 14.7 Å². The fourth-order valence-corrected chi connectivity index (χ4v) is 1.30. The average molecular weight is 210 g/mol. The number of benzene rings is 1. The molecule has 82 valence electrons. The molecule has 1 rings (SSSR count). The standard InChI is InChI=1S/C10H14N2O3/c11-10-7(3-1-5-8(10)13)4-2-6-9(14)15-12/h1,3,5,13H,2,4,6,11-12H2. The number of rotatable bonds is 4. The predicted octanol–water partition coefficient (Wildman–Crippen LogP) is 0.714. The number of anilines is 1. The van der Waals surface area contributed by atoms with Gasteiger partial charge in [-0.3, -0.25) is 4.79 Å². The molecule has 0 spiro atoms. The van der Waals surface area contributed by atoms with Crippen molar-refractivity contribution in [3.8, 4) is 5.75 Å². The van der Waals surface area contributed by atoms with Crippen LogP contribution >= 0.6 is 0 Å². The third-order valence-corrected chi connectivity index (χ3v) is 2.13. The second-order valence-corrected chi connectivity index (χ2v) is 3.19. The van der Waals surface area contributed by atoms with Crippen LogP contribution in [0.25, 0.3) is 0 Å². The van der Waals surface area contributed by atoms with Gasteiger partial charge in [-0.25, -0.2) is 0 Å². The van der Waals surface area contributed by atoms with E-state index in [1.54, 1.807) is 6.07 Å². The van der Waals surface area contributed by atoms with Gasteiger partial charge in [0.05, 0.1) is 5.69 Å². The number of hydrogen-bond acceptors (Lipinski definition) is 5. The topological polar surface area (TPSA) is 98.6 Å². The summed E-state index contributed by atoms with van der Waals surface area (Å²) in [6.07, 6.45) is 1.44. The van der Waals surface area contributed by atoms with E-state index >= 15 is 0 Å². The normalized spacial score (nSPS) is 9.93. The average Bonchev–Trinajstić information content (AvgIpc) is 2.24. The number of aromatic hydroxyl groups is 1. The monoisotopic (exact) mass is 210 g/mol. The summed E-state index contributed by atoms with van der Waals surface area (Å²) in [5.41, 5.74) is 6.82. The van der Waals surface area contributed by atoms with Gasteiger partial charge in [0, 0.05) is 6.42 Å². The van der Waals surface area contributed by atoms with E-state index in [1.165, 1.54) is 6.07 Å². The van der Waals surface area contributed by atoms with Gasteiger partial charge >= 0.3 is 5.97 Å². The Balaban J connectivity index is 2.51. The number of aryl methyl sites for hydroxylation is 1. The van der Waals surface area contributed by atoms with Crippen LogP contribution in [-0.2, 0) is 16.1 Å². The molecule has 5 heteroatoms. The van der Waals surface area contributed by atoms with Crippen molar-refractivity contribution in [2.75, 3.05) is 5.73 Å². The Kier molecular flexibility index (Phi) is 3.93. The Labute approximate surface area is 87.6 Å². The first-order chi connectivity index (χ1) is 7.15. The maximum atomic E-state index is 10.7. The quantitative estimate of drug-likeness (QED) is 0.386. The predicted molar refractivity (Wildman–Crippen MR) is 55.7 cm³/mol. The zero-order valence-corrected chi connectivity index (χ0v) is 8.27. The van der Waals surface area contributed by atoms with E-state index in [4.69, 9.17) is 11.6 Å². The number of phenols is 1.